The van der Waals surface area contributed by atoms with Crippen LogP contribution in [0.15, 0.2) is 77.9 Å². The highest BCUT2D eigenvalue weighted by molar-refractivity contribution is 5.96. The Labute approximate surface area is 166 Å². The number of nitrogens with two attached hydrogens (primary N) is 1. The number of benzene rings is 2. The standard InChI is InChI=1S/C23H18FN3O2/c24-16-6-9-18(10-7-16)27-14-20(23(25)29)22(28)19-13-15(5-11-21(19)27)4-8-17-3-1-2-12-26-17/h1-3,5-7,9-14H,4,8H2,(H2,25,29). The van der Waals surface area contributed by atoms with Gasteiger partial charge in [0.25, 0.3) is 5.91 Å². The summed E-state index contributed by atoms with van der Waals surface area (Å²) in [4.78, 5) is 29.0. The fourth-order valence-electron chi connectivity index (χ4n) is 3.34. The molecule has 2 N–H and O–H groups in total. The molecule has 2 aromatic carbocycles. The molecule has 2 aromatic heterocycles. The predicted octanol–water partition coefficient (Wildman–Crippen LogP) is 3.41. The minimum atomic E-state index is -0.799. The lowest BCUT2D eigenvalue weighted by atomic mass is 10.0. The van der Waals surface area contributed by atoms with E-state index >= 15 is 0 Å². The molecule has 0 spiro atoms. The maximum absolute atomic E-state index is 13.3. The minimum absolute atomic E-state index is 0.108. The lowest BCUT2D eigenvalue weighted by Crippen LogP contribution is -2.24. The molecule has 0 aliphatic rings. The van der Waals surface area contributed by atoms with Gasteiger partial charge in [-0.3, -0.25) is 14.6 Å². The zero-order valence-electron chi connectivity index (χ0n) is 15.5. The van der Waals surface area contributed by atoms with E-state index in [9.17, 15) is 14.0 Å². The van der Waals surface area contributed by atoms with E-state index in [-0.39, 0.29) is 11.4 Å². The van der Waals surface area contributed by atoms with Gasteiger partial charge in [-0.2, -0.15) is 0 Å². The van der Waals surface area contributed by atoms with E-state index in [0.29, 0.717) is 23.0 Å². The van der Waals surface area contributed by atoms with E-state index in [1.165, 1.54) is 18.3 Å². The summed E-state index contributed by atoms with van der Waals surface area (Å²) in [7, 11) is 0. The number of pyridine rings is 2. The van der Waals surface area contributed by atoms with E-state index in [1.807, 2.05) is 30.3 Å². The van der Waals surface area contributed by atoms with Crippen LogP contribution in [0.5, 0.6) is 0 Å². The van der Waals surface area contributed by atoms with Crippen molar-refractivity contribution in [1.82, 2.24) is 9.55 Å². The molecular weight excluding hydrogens is 369 g/mol. The minimum Gasteiger partial charge on any atom is -0.365 e. The number of hydrogen-bond acceptors (Lipinski definition) is 3. The van der Waals surface area contributed by atoms with Crippen LogP contribution in [-0.4, -0.2) is 15.5 Å². The summed E-state index contributed by atoms with van der Waals surface area (Å²) in [6.45, 7) is 0. The van der Waals surface area contributed by atoms with E-state index in [0.717, 1.165) is 17.7 Å². The SMILES string of the molecule is NC(=O)c1cn(-c2ccc(F)cc2)c2ccc(CCc3ccccn3)cc2c1=O. The molecule has 0 saturated carbocycles. The Balaban J connectivity index is 1.82. The van der Waals surface area contributed by atoms with Crippen molar-refractivity contribution in [3.8, 4) is 5.69 Å². The zero-order valence-corrected chi connectivity index (χ0v) is 15.5. The van der Waals surface area contributed by atoms with Crippen LogP contribution >= 0.6 is 0 Å². The van der Waals surface area contributed by atoms with Crippen molar-refractivity contribution in [3.63, 3.8) is 0 Å². The summed E-state index contributed by atoms with van der Waals surface area (Å²) in [5, 5.41) is 0.393. The van der Waals surface area contributed by atoms with E-state index < -0.39 is 11.3 Å². The normalized spacial score (nSPS) is 10.9. The maximum atomic E-state index is 13.3. The molecule has 0 saturated heterocycles. The van der Waals surface area contributed by atoms with Gasteiger partial charge in [0.15, 0.2) is 0 Å². The highest BCUT2D eigenvalue weighted by Crippen LogP contribution is 2.20. The third-order valence-corrected chi connectivity index (χ3v) is 4.83. The summed E-state index contributed by atoms with van der Waals surface area (Å²) in [6.07, 6.45) is 4.59. The zero-order chi connectivity index (χ0) is 20.4. The van der Waals surface area contributed by atoms with Crippen LogP contribution in [0.1, 0.15) is 21.6 Å². The lowest BCUT2D eigenvalue weighted by Gasteiger charge is -2.14. The first-order valence-electron chi connectivity index (χ1n) is 9.17. The van der Waals surface area contributed by atoms with Crippen LogP contribution in [0, 0.1) is 5.82 Å². The molecule has 4 rings (SSSR count). The van der Waals surface area contributed by atoms with Gasteiger partial charge in [-0.25, -0.2) is 4.39 Å². The van der Waals surface area contributed by atoms with Crippen LogP contribution in [0.25, 0.3) is 16.6 Å². The summed E-state index contributed by atoms with van der Waals surface area (Å²) in [5.41, 5.74) is 8.07. The highest BCUT2D eigenvalue weighted by Gasteiger charge is 2.15. The topological polar surface area (TPSA) is 78.0 Å². The number of carbonyl (C=O) groups is 1. The van der Waals surface area contributed by atoms with Crippen molar-refractivity contribution in [2.75, 3.05) is 0 Å². The first-order valence-corrected chi connectivity index (χ1v) is 9.17. The smallest absolute Gasteiger partial charge is 0.254 e. The molecule has 0 unspecified atom stereocenters. The first-order chi connectivity index (χ1) is 14.0. The maximum Gasteiger partial charge on any atom is 0.254 e. The van der Waals surface area contributed by atoms with Gasteiger partial charge in [0.2, 0.25) is 5.43 Å². The van der Waals surface area contributed by atoms with Crippen LogP contribution in [-0.2, 0) is 12.8 Å². The van der Waals surface area contributed by atoms with Crippen molar-refractivity contribution < 1.29 is 9.18 Å². The van der Waals surface area contributed by atoms with Crippen LogP contribution < -0.4 is 11.2 Å². The van der Waals surface area contributed by atoms with Gasteiger partial charge < -0.3 is 10.3 Å². The van der Waals surface area contributed by atoms with Gasteiger partial charge in [0, 0.05) is 29.2 Å². The molecule has 2 heterocycles. The molecular formula is C23H18FN3O2. The fraction of sp³-hybridized carbons (Fsp3) is 0.0870. The molecule has 0 radical (unpaired) electrons. The third kappa shape index (κ3) is 3.78. The van der Waals surface area contributed by atoms with Gasteiger partial charge in [-0.05, 0) is 66.9 Å². The van der Waals surface area contributed by atoms with Crippen LogP contribution in [0.4, 0.5) is 4.39 Å². The van der Waals surface area contributed by atoms with Gasteiger partial charge >= 0.3 is 0 Å². The molecule has 5 nitrogen and oxygen atoms in total. The summed E-state index contributed by atoms with van der Waals surface area (Å²) >= 11 is 0. The Morgan fingerprint density at radius 3 is 2.52 bits per heavy atom. The average Bonchev–Trinajstić information content (AvgIpc) is 2.74. The second kappa shape index (κ2) is 7.67. The van der Waals surface area contributed by atoms with Gasteiger partial charge in [0.1, 0.15) is 11.4 Å². The van der Waals surface area contributed by atoms with Crippen LogP contribution in [0.3, 0.4) is 0 Å². The molecule has 144 valence electrons. The summed E-state index contributed by atoms with van der Waals surface area (Å²) in [6, 6.07) is 17.1. The molecule has 0 aliphatic carbocycles. The van der Waals surface area contributed by atoms with Crippen molar-refractivity contribution in [2.45, 2.75) is 12.8 Å². The fourth-order valence-corrected chi connectivity index (χ4v) is 3.34. The number of amides is 1. The van der Waals surface area contributed by atoms with Crippen molar-refractivity contribution >= 4 is 16.8 Å². The molecule has 0 fully saturated rings. The largest absolute Gasteiger partial charge is 0.365 e. The van der Waals surface area contributed by atoms with Crippen LogP contribution in [0.2, 0.25) is 0 Å². The second-order valence-corrected chi connectivity index (χ2v) is 6.76. The lowest BCUT2D eigenvalue weighted by molar-refractivity contribution is 0.0999. The molecule has 6 heteroatoms. The molecule has 0 bridgehead atoms. The number of hydrogen-bond donors (Lipinski definition) is 1. The monoisotopic (exact) mass is 387 g/mol. The number of aromatic nitrogens is 2. The number of halogens is 1. The third-order valence-electron chi connectivity index (χ3n) is 4.83. The summed E-state index contributed by atoms with van der Waals surface area (Å²) in [5.74, 6) is -1.17. The quantitative estimate of drug-likeness (QED) is 0.570. The number of aryl methyl sites for hydroxylation is 2. The Kier molecular flexibility index (Phi) is 4.91. The average molecular weight is 387 g/mol. The molecule has 4 aromatic rings. The first kappa shape index (κ1) is 18.6. The van der Waals surface area contributed by atoms with Gasteiger partial charge in [-0.15, -0.1) is 0 Å². The molecule has 29 heavy (non-hydrogen) atoms. The molecule has 0 aliphatic heterocycles. The number of primary amides is 1. The van der Waals surface area contributed by atoms with Gasteiger partial charge in [-0.1, -0.05) is 12.1 Å². The van der Waals surface area contributed by atoms with Gasteiger partial charge in [0.05, 0.1) is 5.52 Å². The molecule has 1 amide bonds. The van der Waals surface area contributed by atoms with E-state index in [1.54, 1.807) is 29.0 Å². The Bertz CT molecular complexity index is 1250. The number of rotatable bonds is 5. The predicted molar refractivity (Wildman–Crippen MR) is 110 cm³/mol. The number of carbonyl (C=O) groups excluding carboxylic acids is 1. The molecule has 0 atom stereocenters. The van der Waals surface area contributed by atoms with Crippen molar-refractivity contribution in [1.29, 1.82) is 0 Å². The summed E-state index contributed by atoms with van der Waals surface area (Å²) < 4.78 is 15.0. The number of fused-ring (bicyclic) bond motifs is 1. The van der Waals surface area contributed by atoms with Crippen molar-refractivity contribution in [2.24, 2.45) is 5.73 Å². The van der Waals surface area contributed by atoms with E-state index in [2.05, 4.69) is 4.98 Å². The number of nitrogens with zero attached hydrogens (tertiary/aromatic N) is 2. The Morgan fingerprint density at radius 1 is 1.03 bits per heavy atom. The second-order valence-electron chi connectivity index (χ2n) is 6.76. The van der Waals surface area contributed by atoms with E-state index in [4.69, 9.17) is 5.73 Å². The Morgan fingerprint density at radius 2 is 1.83 bits per heavy atom. The highest BCUT2D eigenvalue weighted by atomic mass is 19.1. The Hall–Kier alpha value is -3.80. The van der Waals surface area contributed by atoms with Crippen molar-refractivity contribution in [3.05, 3.63) is 106 Å².